The van der Waals surface area contributed by atoms with E-state index in [1.807, 2.05) is 24.3 Å². The minimum Gasteiger partial charge on any atom is -0.481 e. The van der Waals surface area contributed by atoms with Crippen LogP contribution in [0.1, 0.15) is 46.1 Å². The van der Waals surface area contributed by atoms with Gasteiger partial charge in [-0.15, -0.1) is 0 Å². The maximum atomic E-state index is 13.1. The minimum atomic E-state index is -1.28. The number of aliphatic carboxylic acids is 2. The average molecular weight is 532 g/mol. The number of amides is 3. The Morgan fingerprint density at radius 1 is 0.868 bits per heavy atom. The lowest BCUT2D eigenvalue weighted by Crippen LogP contribution is -2.59. The molecule has 1 aromatic heterocycles. The number of benzene rings is 1. The Hall–Kier alpha value is -3.93. The lowest BCUT2D eigenvalue weighted by molar-refractivity contribution is -0.143. The zero-order valence-electron chi connectivity index (χ0n) is 22.0. The second kappa shape index (κ2) is 13.6. The van der Waals surface area contributed by atoms with E-state index in [1.165, 1.54) is 0 Å². The molecule has 4 unspecified atom stereocenters. The van der Waals surface area contributed by atoms with Gasteiger partial charge in [-0.05, 0) is 36.3 Å². The number of carbonyl (C=O) groups is 5. The predicted octanol–water partition coefficient (Wildman–Crippen LogP) is 0.754. The van der Waals surface area contributed by atoms with Crippen molar-refractivity contribution in [3.05, 3.63) is 36.0 Å². The molecule has 0 spiro atoms. The summed E-state index contributed by atoms with van der Waals surface area (Å²) in [7, 11) is 0. The first-order valence-electron chi connectivity index (χ1n) is 12.5. The first-order chi connectivity index (χ1) is 17.8. The maximum absolute atomic E-state index is 13.1. The van der Waals surface area contributed by atoms with Gasteiger partial charge in [0.25, 0.3) is 0 Å². The number of fused-ring (bicyclic) bond motifs is 1. The fraction of sp³-hybridized carbons (Fsp3) is 0.500. The summed E-state index contributed by atoms with van der Waals surface area (Å²) in [6.07, 6.45) is 1.28. The summed E-state index contributed by atoms with van der Waals surface area (Å²) in [4.78, 5) is 64.6. The summed E-state index contributed by atoms with van der Waals surface area (Å²) in [6.45, 7) is 6.60. The molecule has 3 amide bonds. The van der Waals surface area contributed by atoms with Gasteiger partial charge in [0, 0.05) is 23.5 Å². The number of H-pyrrole nitrogens is 1. The minimum absolute atomic E-state index is 0.173. The highest BCUT2D eigenvalue weighted by Gasteiger charge is 2.33. The highest BCUT2D eigenvalue weighted by Crippen LogP contribution is 2.19. The van der Waals surface area contributed by atoms with Gasteiger partial charge < -0.3 is 36.9 Å². The summed E-state index contributed by atoms with van der Waals surface area (Å²) < 4.78 is 0. The van der Waals surface area contributed by atoms with E-state index in [4.69, 9.17) is 10.8 Å². The molecule has 38 heavy (non-hydrogen) atoms. The molecule has 0 radical (unpaired) electrons. The molecule has 0 saturated heterocycles. The van der Waals surface area contributed by atoms with Crippen molar-refractivity contribution >= 4 is 40.6 Å². The van der Waals surface area contributed by atoms with Crippen molar-refractivity contribution in [1.82, 2.24) is 20.9 Å². The van der Waals surface area contributed by atoms with Crippen LogP contribution in [-0.2, 0) is 30.4 Å². The molecular formula is C26H37N5O7. The number of carboxylic acids is 2. The van der Waals surface area contributed by atoms with Gasteiger partial charge in [0.05, 0.1) is 6.04 Å². The Kier molecular flexibility index (Phi) is 10.8. The van der Waals surface area contributed by atoms with Crippen molar-refractivity contribution in [2.24, 2.45) is 17.6 Å². The van der Waals surface area contributed by atoms with Crippen LogP contribution in [0, 0.1) is 11.8 Å². The van der Waals surface area contributed by atoms with Crippen molar-refractivity contribution < 1.29 is 34.2 Å². The van der Waals surface area contributed by atoms with Gasteiger partial charge in [-0.25, -0.2) is 4.79 Å². The molecule has 8 N–H and O–H groups in total. The van der Waals surface area contributed by atoms with Gasteiger partial charge in [0.1, 0.15) is 18.1 Å². The second-order valence-corrected chi connectivity index (χ2v) is 9.96. The zero-order chi connectivity index (χ0) is 28.6. The number of aromatic nitrogens is 1. The largest absolute Gasteiger partial charge is 0.481 e. The molecule has 0 aliphatic rings. The van der Waals surface area contributed by atoms with E-state index in [1.54, 1.807) is 33.9 Å². The number of rotatable bonds is 14. The van der Waals surface area contributed by atoms with Crippen molar-refractivity contribution in [1.29, 1.82) is 0 Å². The maximum Gasteiger partial charge on any atom is 0.326 e. The molecule has 208 valence electrons. The SMILES string of the molecule is CC(C)C(NC(=O)C(NC(=O)C(CCC(=O)O)NC(=O)C(N)Cc1c[nH]c2ccccc12)C(C)C)C(=O)O. The van der Waals surface area contributed by atoms with Crippen molar-refractivity contribution in [2.45, 2.75) is 71.1 Å². The van der Waals surface area contributed by atoms with Gasteiger partial charge in [-0.2, -0.15) is 0 Å². The second-order valence-electron chi connectivity index (χ2n) is 9.96. The van der Waals surface area contributed by atoms with Crippen LogP contribution in [0.4, 0.5) is 0 Å². The monoisotopic (exact) mass is 531 g/mol. The van der Waals surface area contributed by atoms with Crippen molar-refractivity contribution in [2.75, 3.05) is 0 Å². The van der Waals surface area contributed by atoms with Crippen LogP contribution < -0.4 is 21.7 Å². The summed E-state index contributed by atoms with van der Waals surface area (Å²) in [6, 6.07) is 2.92. The Morgan fingerprint density at radius 2 is 1.47 bits per heavy atom. The van der Waals surface area contributed by atoms with E-state index in [0.29, 0.717) is 0 Å². The van der Waals surface area contributed by atoms with E-state index in [-0.39, 0.29) is 12.8 Å². The Bertz CT molecular complexity index is 1160. The number of aromatic amines is 1. The molecule has 0 bridgehead atoms. The smallest absolute Gasteiger partial charge is 0.326 e. The molecule has 0 aliphatic heterocycles. The Labute approximate surface area is 220 Å². The van der Waals surface area contributed by atoms with Crippen LogP contribution >= 0.6 is 0 Å². The summed E-state index contributed by atoms with van der Waals surface area (Å²) in [5.41, 5.74) is 7.81. The highest BCUT2D eigenvalue weighted by atomic mass is 16.4. The molecule has 0 fully saturated rings. The third-order valence-corrected chi connectivity index (χ3v) is 6.21. The highest BCUT2D eigenvalue weighted by molar-refractivity contribution is 5.94. The lowest BCUT2D eigenvalue weighted by Gasteiger charge is -2.27. The first kappa shape index (κ1) is 30.3. The molecule has 2 rings (SSSR count). The normalized spacial score (nSPS) is 14.5. The molecule has 4 atom stereocenters. The molecule has 0 saturated carbocycles. The summed E-state index contributed by atoms with van der Waals surface area (Å²) in [5.74, 6) is -5.34. The zero-order valence-corrected chi connectivity index (χ0v) is 22.0. The number of hydrogen-bond acceptors (Lipinski definition) is 6. The number of para-hydroxylation sites is 1. The molecule has 1 heterocycles. The third-order valence-electron chi connectivity index (χ3n) is 6.21. The number of carboxylic acid groups (broad SMARTS) is 2. The van der Waals surface area contributed by atoms with Crippen molar-refractivity contribution in [3.8, 4) is 0 Å². The van der Waals surface area contributed by atoms with Crippen LogP contribution in [0.2, 0.25) is 0 Å². The van der Waals surface area contributed by atoms with Crippen LogP contribution in [0.25, 0.3) is 10.9 Å². The third kappa shape index (κ3) is 8.30. The molecule has 12 heteroatoms. The van der Waals surface area contributed by atoms with Crippen LogP contribution in [0.3, 0.4) is 0 Å². The van der Waals surface area contributed by atoms with Crippen LogP contribution in [0.5, 0.6) is 0 Å². The van der Waals surface area contributed by atoms with E-state index >= 15 is 0 Å². The summed E-state index contributed by atoms with van der Waals surface area (Å²) >= 11 is 0. The molecular weight excluding hydrogens is 494 g/mol. The van der Waals surface area contributed by atoms with Crippen LogP contribution in [0.15, 0.2) is 30.5 Å². The fourth-order valence-corrected chi connectivity index (χ4v) is 3.99. The Balaban J connectivity index is 2.14. The molecule has 2 aromatic rings. The van der Waals surface area contributed by atoms with Gasteiger partial charge in [0.15, 0.2) is 0 Å². The Morgan fingerprint density at radius 3 is 2.05 bits per heavy atom. The predicted molar refractivity (Wildman–Crippen MR) is 140 cm³/mol. The van der Waals surface area contributed by atoms with Gasteiger partial charge in [0.2, 0.25) is 17.7 Å². The summed E-state index contributed by atoms with van der Waals surface area (Å²) in [5, 5.41) is 26.9. The lowest BCUT2D eigenvalue weighted by atomic mass is 9.99. The van der Waals surface area contributed by atoms with E-state index in [0.717, 1.165) is 16.5 Å². The number of nitrogens with two attached hydrogens (primary N) is 1. The number of carbonyl (C=O) groups excluding carboxylic acids is 3. The standard InChI is InChI=1S/C26H37N5O7/c1-13(2)21(25(36)31-22(14(3)4)26(37)38)30-24(35)19(9-10-20(32)33)29-23(34)17(27)11-15-12-28-18-8-6-5-7-16(15)18/h5-8,12-14,17,19,21-22,28H,9-11,27H2,1-4H3,(H,29,34)(H,30,35)(H,31,36)(H,32,33)(H,37,38). The molecule has 12 nitrogen and oxygen atoms in total. The van der Waals surface area contributed by atoms with Gasteiger partial charge >= 0.3 is 11.9 Å². The molecule has 1 aromatic carbocycles. The van der Waals surface area contributed by atoms with Gasteiger partial charge in [-0.1, -0.05) is 45.9 Å². The fourth-order valence-electron chi connectivity index (χ4n) is 3.99. The molecule has 0 aliphatic carbocycles. The number of nitrogens with one attached hydrogen (secondary N) is 4. The topological polar surface area (TPSA) is 204 Å². The van der Waals surface area contributed by atoms with E-state index in [9.17, 15) is 29.1 Å². The number of hydrogen-bond donors (Lipinski definition) is 7. The van der Waals surface area contributed by atoms with Crippen LogP contribution in [-0.4, -0.2) is 69.0 Å². The van der Waals surface area contributed by atoms with E-state index < -0.39 is 72.1 Å². The van der Waals surface area contributed by atoms with E-state index in [2.05, 4.69) is 20.9 Å². The average Bonchev–Trinajstić information content (AvgIpc) is 3.24. The van der Waals surface area contributed by atoms with Gasteiger partial charge in [-0.3, -0.25) is 19.2 Å². The quantitative estimate of drug-likeness (QED) is 0.185. The van der Waals surface area contributed by atoms with Crippen molar-refractivity contribution in [3.63, 3.8) is 0 Å². The first-order valence-corrected chi connectivity index (χ1v) is 12.5.